The molecule has 0 saturated heterocycles. The summed E-state index contributed by atoms with van der Waals surface area (Å²) in [6, 6.07) is 6.43. The highest BCUT2D eigenvalue weighted by atomic mass is 16.5. The van der Waals surface area contributed by atoms with Gasteiger partial charge in [0.05, 0.1) is 6.10 Å². The van der Waals surface area contributed by atoms with Crippen LogP contribution in [-0.4, -0.2) is 17.3 Å². The molecule has 1 fully saturated rings. The van der Waals surface area contributed by atoms with Gasteiger partial charge in [-0.2, -0.15) is 0 Å². The van der Waals surface area contributed by atoms with Crippen molar-refractivity contribution >= 4 is 0 Å². The lowest BCUT2D eigenvalue weighted by atomic mass is 9.90. The second kappa shape index (κ2) is 5.31. The highest BCUT2D eigenvalue weighted by Crippen LogP contribution is 2.37. The van der Waals surface area contributed by atoms with Crippen molar-refractivity contribution in [2.24, 2.45) is 0 Å². The number of ether oxygens (including phenoxy) is 1. The maximum Gasteiger partial charge on any atom is 0.126 e. The lowest BCUT2D eigenvalue weighted by molar-refractivity contribution is -0.0117. The van der Waals surface area contributed by atoms with Crippen LogP contribution < -0.4 is 4.74 Å². The van der Waals surface area contributed by atoms with Gasteiger partial charge in [-0.1, -0.05) is 45.9 Å². The minimum atomic E-state index is -0.163. The fraction of sp³-hybridized carbons (Fsp3) is 0.625. The zero-order valence-corrected chi connectivity index (χ0v) is 11.8. The molecular formula is C16H24O2. The van der Waals surface area contributed by atoms with E-state index in [9.17, 15) is 5.11 Å². The number of rotatable bonds is 4. The third-order valence-corrected chi connectivity index (χ3v) is 3.67. The summed E-state index contributed by atoms with van der Waals surface area (Å²) in [5.74, 6) is 1.98. The molecule has 1 saturated carbocycles. The summed E-state index contributed by atoms with van der Waals surface area (Å²) in [7, 11) is 0. The molecule has 0 spiro atoms. The number of hydrogen-bond acceptors (Lipinski definition) is 2. The van der Waals surface area contributed by atoms with Crippen LogP contribution in [0.15, 0.2) is 18.2 Å². The van der Waals surface area contributed by atoms with Crippen LogP contribution in [0.25, 0.3) is 0 Å². The van der Waals surface area contributed by atoms with E-state index in [1.54, 1.807) is 0 Å². The Morgan fingerprint density at radius 3 is 1.94 bits per heavy atom. The molecule has 0 atom stereocenters. The Balaban J connectivity index is 2.28. The van der Waals surface area contributed by atoms with E-state index in [-0.39, 0.29) is 12.2 Å². The molecule has 0 unspecified atom stereocenters. The largest absolute Gasteiger partial charge is 0.490 e. The van der Waals surface area contributed by atoms with Crippen LogP contribution in [0.4, 0.5) is 0 Å². The predicted molar refractivity (Wildman–Crippen MR) is 74.3 cm³/mol. The molecule has 100 valence electrons. The predicted octanol–water partition coefficient (Wildman–Crippen LogP) is 3.84. The third kappa shape index (κ3) is 2.69. The van der Waals surface area contributed by atoms with E-state index in [0.29, 0.717) is 11.8 Å². The Kier molecular flexibility index (Phi) is 3.96. The fourth-order valence-electron chi connectivity index (χ4n) is 2.42. The smallest absolute Gasteiger partial charge is 0.126 e. The SMILES string of the molecule is CC(C)c1cccc(C(C)C)c1OC1CC(O)C1. The summed E-state index contributed by atoms with van der Waals surface area (Å²) in [4.78, 5) is 0. The van der Waals surface area contributed by atoms with Crippen molar-refractivity contribution in [3.8, 4) is 5.75 Å². The van der Waals surface area contributed by atoms with E-state index < -0.39 is 0 Å². The standard InChI is InChI=1S/C16H24O2/c1-10(2)14-6-5-7-15(11(3)4)16(14)18-13-8-12(17)9-13/h5-7,10-13,17H,8-9H2,1-4H3. The molecule has 2 nitrogen and oxygen atoms in total. The van der Waals surface area contributed by atoms with Crippen molar-refractivity contribution in [2.75, 3.05) is 0 Å². The van der Waals surface area contributed by atoms with E-state index in [0.717, 1.165) is 18.6 Å². The van der Waals surface area contributed by atoms with Gasteiger partial charge in [0.2, 0.25) is 0 Å². The van der Waals surface area contributed by atoms with Gasteiger partial charge in [0.15, 0.2) is 0 Å². The van der Waals surface area contributed by atoms with Gasteiger partial charge in [-0.3, -0.25) is 0 Å². The summed E-state index contributed by atoms with van der Waals surface area (Å²) in [6.07, 6.45) is 1.56. The molecule has 0 aliphatic heterocycles. The van der Waals surface area contributed by atoms with Gasteiger partial charge >= 0.3 is 0 Å². The topological polar surface area (TPSA) is 29.5 Å². The van der Waals surface area contributed by atoms with Crippen molar-refractivity contribution in [3.05, 3.63) is 29.3 Å². The Labute approximate surface area is 110 Å². The molecule has 1 aliphatic rings. The van der Waals surface area contributed by atoms with Crippen LogP contribution in [0.1, 0.15) is 63.5 Å². The second-order valence-electron chi connectivity index (χ2n) is 5.94. The maximum atomic E-state index is 9.37. The van der Waals surface area contributed by atoms with Gasteiger partial charge < -0.3 is 9.84 Å². The van der Waals surface area contributed by atoms with Crippen molar-refractivity contribution in [3.63, 3.8) is 0 Å². The van der Waals surface area contributed by atoms with Gasteiger partial charge in [-0.25, -0.2) is 0 Å². The molecule has 1 aromatic carbocycles. The third-order valence-electron chi connectivity index (χ3n) is 3.67. The molecule has 0 amide bonds. The van der Waals surface area contributed by atoms with Crippen molar-refractivity contribution in [1.82, 2.24) is 0 Å². The first-order chi connectivity index (χ1) is 8.49. The minimum absolute atomic E-state index is 0.163. The van der Waals surface area contributed by atoms with Crippen LogP contribution >= 0.6 is 0 Å². The summed E-state index contributed by atoms with van der Waals surface area (Å²) in [6.45, 7) is 8.79. The van der Waals surface area contributed by atoms with Gasteiger partial charge in [0.25, 0.3) is 0 Å². The summed E-state index contributed by atoms with van der Waals surface area (Å²) < 4.78 is 6.15. The lowest BCUT2D eigenvalue weighted by Crippen LogP contribution is -2.38. The number of hydrogen-bond donors (Lipinski definition) is 1. The summed E-state index contributed by atoms with van der Waals surface area (Å²) >= 11 is 0. The number of aliphatic hydroxyl groups is 1. The van der Waals surface area contributed by atoms with E-state index in [1.807, 2.05) is 0 Å². The number of aliphatic hydroxyl groups excluding tert-OH is 1. The van der Waals surface area contributed by atoms with Crippen molar-refractivity contribution in [2.45, 2.75) is 64.6 Å². The number of para-hydroxylation sites is 1. The van der Waals surface area contributed by atoms with Crippen LogP contribution in [-0.2, 0) is 0 Å². The van der Waals surface area contributed by atoms with Crippen LogP contribution in [0.2, 0.25) is 0 Å². The van der Waals surface area contributed by atoms with Crippen molar-refractivity contribution < 1.29 is 9.84 Å². The Morgan fingerprint density at radius 1 is 1.06 bits per heavy atom. The second-order valence-corrected chi connectivity index (χ2v) is 5.94. The minimum Gasteiger partial charge on any atom is -0.490 e. The molecule has 0 aromatic heterocycles. The van der Waals surface area contributed by atoms with Crippen LogP contribution in [0.5, 0.6) is 5.75 Å². The average Bonchev–Trinajstić information content (AvgIpc) is 2.26. The van der Waals surface area contributed by atoms with Gasteiger partial charge in [-0.05, 0) is 23.0 Å². The van der Waals surface area contributed by atoms with Crippen LogP contribution in [0, 0.1) is 0 Å². The zero-order chi connectivity index (χ0) is 13.3. The van der Waals surface area contributed by atoms with Crippen molar-refractivity contribution in [1.29, 1.82) is 0 Å². The van der Waals surface area contributed by atoms with Gasteiger partial charge in [-0.15, -0.1) is 0 Å². The molecule has 2 heteroatoms. The molecule has 18 heavy (non-hydrogen) atoms. The first kappa shape index (κ1) is 13.4. The molecule has 0 heterocycles. The summed E-state index contributed by atoms with van der Waals surface area (Å²) in [5.41, 5.74) is 2.56. The van der Waals surface area contributed by atoms with E-state index in [2.05, 4.69) is 45.9 Å². The van der Waals surface area contributed by atoms with Gasteiger partial charge in [0.1, 0.15) is 11.9 Å². The maximum absolute atomic E-state index is 9.37. The van der Waals surface area contributed by atoms with Crippen LogP contribution in [0.3, 0.4) is 0 Å². The molecule has 1 N–H and O–H groups in total. The lowest BCUT2D eigenvalue weighted by Gasteiger charge is -2.34. The monoisotopic (exact) mass is 248 g/mol. The Hall–Kier alpha value is -1.02. The number of benzene rings is 1. The first-order valence-electron chi connectivity index (χ1n) is 6.96. The molecule has 2 rings (SSSR count). The fourth-order valence-corrected chi connectivity index (χ4v) is 2.42. The molecular weight excluding hydrogens is 224 g/mol. The molecule has 0 radical (unpaired) electrons. The zero-order valence-electron chi connectivity index (χ0n) is 11.8. The molecule has 1 aliphatic carbocycles. The molecule has 0 bridgehead atoms. The normalized spacial score (nSPS) is 23.3. The van der Waals surface area contributed by atoms with E-state index >= 15 is 0 Å². The van der Waals surface area contributed by atoms with E-state index in [4.69, 9.17) is 4.74 Å². The summed E-state index contributed by atoms with van der Waals surface area (Å²) in [5, 5.41) is 9.37. The quantitative estimate of drug-likeness (QED) is 0.877. The highest BCUT2D eigenvalue weighted by Gasteiger charge is 2.30. The Morgan fingerprint density at radius 2 is 1.56 bits per heavy atom. The van der Waals surface area contributed by atoms with Gasteiger partial charge in [0, 0.05) is 12.8 Å². The Bertz CT molecular complexity index is 377. The first-order valence-corrected chi connectivity index (χ1v) is 6.96. The molecule has 1 aromatic rings. The average molecular weight is 248 g/mol. The highest BCUT2D eigenvalue weighted by molar-refractivity contribution is 5.45. The van der Waals surface area contributed by atoms with E-state index in [1.165, 1.54) is 11.1 Å².